The monoisotopic (exact) mass is 490 g/mol. The first kappa shape index (κ1) is 23.8. The van der Waals surface area contributed by atoms with E-state index < -0.39 is 17.9 Å². The Hall–Kier alpha value is -4.97. The van der Waals surface area contributed by atoms with Crippen molar-refractivity contribution in [3.8, 4) is 17.2 Å². The molecule has 0 radical (unpaired) electrons. The van der Waals surface area contributed by atoms with Crippen molar-refractivity contribution < 1.29 is 28.6 Å². The molecule has 0 bridgehead atoms. The van der Waals surface area contributed by atoms with Crippen LogP contribution < -0.4 is 14.2 Å². The number of methoxy groups -OCH3 is 1. The largest absolute Gasteiger partial charge is 0.497 e. The molecule has 4 aromatic rings. The molecular formula is C31H22O6. The van der Waals surface area contributed by atoms with Gasteiger partial charge in [0, 0.05) is 45.5 Å². The Bertz CT molecular complexity index is 1610. The minimum atomic E-state index is -0.641. The molecule has 0 fully saturated rings. The van der Waals surface area contributed by atoms with Gasteiger partial charge in [0.2, 0.25) is 0 Å². The zero-order valence-electron chi connectivity index (χ0n) is 20.0. The maximum Gasteiger partial charge on any atom is 0.335 e. The Morgan fingerprint density at radius 3 is 2.14 bits per heavy atom. The molecule has 1 unspecified atom stereocenters. The summed E-state index contributed by atoms with van der Waals surface area (Å²) in [5.41, 5.74) is 2.98. The van der Waals surface area contributed by atoms with E-state index in [0.717, 1.165) is 17.7 Å². The Morgan fingerprint density at radius 1 is 0.757 bits per heavy atom. The Balaban J connectivity index is 1.88. The van der Waals surface area contributed by atoms with Gasteiger partial charge in [0.1, 0.15) is 17.2 Å². The Kier molecular flexibility index (Phi) is 6.15. The van der Waals surface area contributed by atoms with Crippen LogP contribution >= 0.6 is 0 Å². The van der Waals surface area contributed by atoms with Crippen molar-refractivity contribution in [1.29, 1.82) is 0 Å². The van der Waals surface area contributed by atoms with E-state index in [1.807, 2.05) is 18.2 Å². The summed E-state index contributed by atoms with van der Waals surface area (Å²) in [7, 11) is 1.54. The third kappa shape index (κ3) is 4.08. The highest BCUT2D eigenvalue weighted by molar-refractivity contribution is 6.13. The highest BCUT2D eigenvalue weighted by atomic mass is 16.5. The van der Waals surface area contributed by atoms with Crippen LogP contribution in [0.3, 0.4) is 0 Å². The van der Waals surface area contributed by atoms with E-state index in [1.54, 1.807) is 54.6 Å². The average molecular weight is 491 g/mol. The lowest BCUT2D eigenvalue weighted by Crippen LogP contribution is -2.21. The first-order valence-electron chi connectivity index (χ1n) is 11.5. The molecule has 6 nitrogen and oxygen atoms in total. The molecule has 0 spiro atoms. The SMILES string of the molecule is C=CC(=O)Oc1cc(C2c3ccccc3C(=O)c3cc(OC)ccc32)c(OC(=O)C=C)c2ccccc12. The summed E-state index contributed by atoms with van der Waals surface area (Å²) < 4.78 is 16.8. The van der Waals surface area contributed by atoms with Crippen LogP contribution in [0.15, 0.2) is 98.1 Å². The molecule has 6 heteroatoms. The van der Waals surface area contributed by atoms with Gasteiger partial charge in [-0.2, -0.15) is 0 Å². The number of rotatable bonds is 6. The molecule has 0 amide bonds. The molecule has 0 aliphatic heterocycles. The fourth-order valence-corrected chi connectivity index (χ4v) is 4.76. The number of carbonyl (C=O) groups is 3. The summed E-state index contributed by atoms with van der Waals surface area (Å²) in [4.78, 5) is 38.2. The van der Waals surface area contributed by atoms with Gasteiger partial charge in [0.15, 0.2) is 5.78 Å². The van der Waals surface area contributed by atoms with Crippen molar-refractivity contribution in [3.63, 3.8) is 0 Å². The highest BCUT2D eigenvalue weighted by Crippen LogP contribution is 2.48. The topological polar surface area (TPSA) is 78.9 Å². The van der Waals surface area contributed by atoms with Gasteiger partial charge in [0.25, 0.3) is 0 Å². The number of benzene rings is 4. The van der Waals surface area contributed by atoms with Crippen LogP contribution in [-0.2, 0) is 9.59 Å². The summed E-state index contributed by atoms with van der Waals surface area (Å²) in [5.74, 6) is -0.817. The number of ketones is 1. The number of carbonyl (C=O) groups excluding carboxylic acids is 3. The predicted octanol–water partition coefficient (Wildman–Crippen LogP) is 5.76. The number of fused-ring (bicyclic) bond motifs is 3. The van der Waals surface area contributed by atoms with Crippen LogP contribution in [0.5, 0.6) is 17.2 Å². The lowest BCUT2D eigenvalue weighted by molar-refractivity contribution is -0.130. The normalized spacial score (nSPS) is 13.8. The molecule has 182 valence electrons. The van der Waals surface area contributed by atoms with Crippen molar-refractivity contribution in [2.75, 3.05) is 7.11 Å². The van der Waals surface area contributed by atoms with Gasteiger partial charge in [-0.25, -0.2) is 9.59 Å². The van der Waals surface area contributed by atoms with E-state index in [4.69, 9.17) is 14.2 Å². The van der Waals surface area contributed by atoms with Gasteiger partial charge < -0.3 is 14.2 Å². The minimum absolute atomic E-state index is 0.135. The maximum atomic E-state index is 13.5. The van der Waals surface area contributed by atoms with Gasteiger partial charge >= 0.3 is 11.9 Å². The van der Waals surface area contributed by atoms with Crippen LogP contribution in [0.4, 0.5) is 0 Å². The number of esters is 2. The second-order valence-electron chi connectivity index (χ2n) is 8.39. The molecule has 37 heavy (non-hydrogen) atoms. The van der Waals surface area contributed by atoms with Crippen molar-refractivity contribution in [3.05, 3.63) is 126 Å². The van der Waals surface area contributed by atoms with Crippen molar-refractivity contribution >= 4 is 28.5 Å². The van der Waals surface area contributed by atoms with Gasteiger partial charge in [0.05, 0.1) is 7.11 Å². The molecule has 0 aromatic heterocycles. The van der Waals surface area contributed by atoms with E-state index in [-0.39, 0.29) is 17.3 Å². The third-order valence-corrected chi connectivity index (χ3v) is 6.38. The zero-order chi connectivity index (χ0) is 26.1. The number of hydrogen-bond acceptors (Lipinski definition) is 6. The molecular weight excluding hydrogens is 468 g/mol. The Labute approximate surface area is 213 Å². The second kappa shape index (κ2) is 9.59. The first-order valence-corrected chi connectivity index (χ1v) is 11.5. The molecule has 1 atom stereocenters. The van der Waals surface area contributed by atoms with E-state index in [1.165, 1.54) is 7.11 Å². The van der Waals surface area contributed by atoms with Gasteiger partial charge in [-0.3, -0.25) is 4.79 Å². The highest BCUT2D eigenvalue weighted by Gasteiger charge is 2.35. The fourth-order valence-electron chi connectivity index (χ4n) is 4.76. The van der Waals surface area contributed by atoms with Gasteiger partial charge in [-0.15, -0.1) is 0 Å². The molecule has 0 saturated carbocycles. The zero-order valence-corrected chi connectivity index (χ0v) is 20.0. The summed E-state index contributed by atoms with van der Waals surface area (Å²) >= 11 is 0. The van der Waals surface area contributed by atoms with Crippen LogP contribution in [0.2, 0.25) is 0 Å². The lowest BCUT2D eigenvalue weighted by atomic mass is 9.73. The van der Waals surface area contributed by atoms with E-state index >= 15 is 0 Å². The summed E-state index contributed by atoms with van der Waals surface area (Å²) in [6, 6.07) is 21.4. The van der Waals surface area contributed by atoms with Crippen LogP contribution in [0.25, 0.3) is 10.8 Å². The first-order chi connectivity index (χ1) is 18.0. The molecule has 1 aliphatic carbocycles. The maximum absolute atomic E-state index is 13.5. The van der Waals surface area contributed by atoms with Crippen molar-refractivity contribution in [2.45, 2.75) is 5.92 Å². The van der Waals surface area contributed by atoms with Crippen molar-refractivity contribution in [2.24, 2.45) is 0 Å². The molecule has 4 aromatic carbocycles. The van der Waals surface area contributed by atoms with E-state index in [0.29, 0.717) is 38.8 Å². The standard InChI is InChI=1S/C31H22O6/c1-4-27(32)36-26-17-25(31(37-28(33)5-2)23-13-9-6-10-19(23)26)29-20-11-7-8-12-22(20)30(34)24-16-18(35-3)14-15-21(24)29/h4-17,29H,1-2H2,3H3. The third-order valence-electron chi connectivity index (χ3n) is 6.38. The summed E-state index contributed by atoms with van der Waals surface area (Å²) in [6.45, 7) is 7.03. The number of hydrogen-bond donors (Lipinski definition) is 0. The molecule has 0 heterocycles. The van der Waals surface area contributed by atoms with Crippen LogP contribution in [-0.4, -0.2) is 24.8 Å². The summed E-state index contributed by atoms with van der Waals surface area (Å²) in [6.07, 6.45) is 2.16. The Morgan fingerprint density at radius 2 is 1.41 bits per heavy atom. The van der Waals surface area contributed by atoms with Crippen LogP contribution in [0, 0.1) is 0 Å². The van der Waals surface area contributed by atoms with Crippen molar-refractivity contribution in [1.82, 2.24) is 0 Å². The molecule has 0 N–H and O–H groups in total. The molecule has 1 aliphatic rings. The van der Waals surface area contributed by atoms with Crippen LogP contribution in [0.1, 0.15) is 38.5 Å². The number of ether oxygens (including phenoxy) is 3. The van der Waals surface area contributed by atoms with Gasteiger partial charge in [-0.1, -0.05) is 67.8 Å². The minimum Gasteiger partial charge on any atom is -0.497 e. The predicted molar refractivity (Wildman–Crippen MR) is 139 cm³/mol. The molecule has 5 rings (SSSR count). The molecule has 0 saturated heterocycles. The second-order valence-corrected chi connectivity index (χ2v) is 8.39. The summed E-state index contributed by atoms with van der Waals surface area (Å²) in [5, 5.41) is 1.13. The van der Waals surface area contributed by atoms with E-state index in [2.05, 4.69) is 13.2 Å². The van der Waals surface area contributed by atoms with E-state index in [9.17, 15) is 14.4 Å². The average Bonchev–Trinajstić information content (AvgIpc) is 2.94. The smallest absolute Gasteiger partial charge is 0.335 e. The fraction of sp³-hybridized carbons (Fsp3) is 0.0645. The lowest BCUT2D eigenvalue weighted by Gasteiger charge is -2.30. The van der Waals surface area contributed by atoms with Gasteiger partial charge in [-0.05, 0) is 29.3 Å². The quantitative estimate of drug-likeness (QED) is 0.171.